The Balaban J connectivity index is 1.04. The molecule has 3 amide bonds. The van der Waals surface area contributed by atoms with Crippen molar-refractivity contribution in [1.29, 1.82) is 0 Å². The number of nitrogens with one attached hydrogen (secondary N) is 1. The van der Waals surface area contributed by atoms with Crippen molar-refractivity contribution in [3.05, 3.63) is 53.4 Å². The van der Waals surface area contributed by atoms with Gasteiger partial charge in [-0.05, 0) is 95.2 Å². The number of rotatable bonds is 18. The lowest BCUT2D eigenvalue weighted by Crippen LogP contribution is -2.60. The van der Waals surface area contributed by atoms with Crippen LogP contribution in [-0.4, -0.2) is 127 Å². The molecule has 0 unspecified atom stereocenters. The van der Waals surface area contributed by atoms with E-state index in [0.29, 0.717) is 43.0 Å². The third-order valence-electron chi connectivity index (χ3n) is 12.4. The summed E-state index contributed by atoms with van der Waals surface area (Å²) in [7, 11) is -5.36. The second kappa shape index (κ2) is 18.9. The summed E-state index contributed by atoms with van der Waals surface area (Å²) >= 11 is 2.50. The Morgan fingerprint density at radius 2 is 1.56 bits per heavy atom. The summed E-state index contributed by atoms with van der Waals surface area (Å²) in [6.45, 7) is 5.12. The quantitative estimate of drug-likeness (QED) is 0.101. The number of benzene rings is 1. The topological polar surface area (TPSA) is 198 Å². The lowest BCUT2D eigenvalue weighted by molar-refractivity contribution is -0.150. The average Bonchev–Trinajstić information content (AvgIpc) is 3.63. The smallest absolute Gasteiger partial charge is 0.395 e. The third-order valence-corrected chi connectivity index (χ3v) is 17.9. The second-order valence-corrected chi connectivity index (χ2v) is 23.4. The molecule has 21 heteroatoms. The molecule has 15 nitrogen and oxygen atoms in total. The van der Waals surface area contributed by atoms with E-state index in [2.05, 4.69) is 10.3 Å². The van der Waals surface area contributed by atoms with E-state index in [0.717, 1.165) is 59.8 Å². The Bertz CT molecular complexity index is 2210. The molecule has 3 saturated heterocycles. The molecule has 1 saturated carbocycles. The van der Waals surface area contributed by atoms with Crippen LogP contribution in [0.4, 0.5) is 8.78 Å². The van der Waals surface area contributed by atoms with Gasteiger partial charge in [0, 0.05) is 53.3 Å². The van der Waals surface area contributed by atoms with Gasteiger partial charge in [-0.2, -0.15) is 8.78 Å². The molecule has 0 spiro atoms. The van der Waals surface area contributed by atoms with Gasteiger partial charge in [0.1, 0.15) is 12.1 Å². The van der Waals surface area contributed by atoms with Gasteiger partial charge in [0.05, 0.1) is 54.5 Å². The van der Waals surface area contributed by atoms with Crippen molar-refractivity contribution in [3.63, 3.8) is 0 Å². The van der Waals surface area contributed by atoms with E-state index < -0.39 is 84.3 Å². The molecule has 3 N–H and O–H groups in total. The molecule has 1 aromatic carbocycles. The van der Waals surface area contributed by atoms with Crippen LogP contribution in [0.5, 0.6) is 0 Å². The number of amides is 3. The number of thiophene rings is 1. The van der Waals surface area contributed by atoms with Gasteiger partial charge in [-0.3, -0.25) is 28.5 Å². The van der Waals surface area contributed by atoms with Crippen LogP contribution in [0.15, 0.2) is 43.0 Å². The number of hydrogen-bond donors (Lipinski definition) is 3. The number of alkyl halides is 2. The number of carbonyl (C=O) groups is 5. The molecule has 4 fully saturated rings. The number of halogens is 2. The molecular formula is C42H54F2N5O10PS3. The first-order chi connectivity index (χ1) is 29.8. The summed E-state index contributed by atoms with van der Waals surface area (Å²) < 4.78 is 60.1. The highest BCUT2D eigenvalue weighted by molar-refractivity contribution is 8.14. The fourth-order valence-corrected chi connectivity index (χ4v) is 12.5. The summed E-state index contributed by atoms with van der Waals surface area (Å²) in [5, 5.41) is 21.4. The van der Waals surface area contributed by atoms with Gasteiger partial charge in [-0.1, -0.05) is 29.6 Å². The molecule has 5 heterocycles. The van der Waals surface area contributed by atoms with Crippen LogP contribution in [0.3, 0.4) is 0 Å². The molecule has 5 atom stereocenters. The molecule has 3 aromatic rings. The first kappa shape index (κ1) is 47.7. The minimum Gasteiger partial charge on any atom is -0.395 e. The zero-order valence-electron chi connectivity index (χ0n) is 35.6. The molecular weight excluding hydrogens is 900 g/mol. The molecule has 4 aliphatic rings. The van der Waals surface area contributed by atoms with Crippen LogP contribution >= 0.6 is 42.5 Å². The van der Waals surface area contributed by atoms with E-state index in [9.17, 15) is 38.8 Å². The van der Waals surface area contributed by atoms with Crippen molar-refractivity contribution >= 4 is 80.5 Å². The minimum absolute atomic E-state index is 0.0927. The van der Waals surface area contributed by atoms with Crippen molar-refractivity contribution in [2.45, 2.75) is 89.6 Å². The van der Waals surface area contributed by atoms with Crippen molar-refractivity contribution in [2.75, 3.05) is 51.0 Å². The second-order valence-electron chi connectivity index (χ2n) is 18.1. The van der Waals surface area contributed by atoms with E-state index in [4.69, 9.17) is 9.05 Å². The number of hydrogen-bond acceptors (Lipinski definition) is 14. The van der Waals surface area contributed by atoms with Crippen LogP contribution < -0.4 is 5.32 Å². The molecule has 344 valence electrons. The summed E-state index contributed by atoms with van der Waals surface area (Å²) in [5.41, 5.74) is -7.15. The summed E-state index contributed by atoms with van der Waals surface area (Å²) in [4.78, 5) is 74.8. The highest BCUT2D eigenvalue weighted by Gasteiger charge is 2.56. The molecule has 1 aliphatic carbocycles. The van der Waals surface area contributed by atoms with Crippen molar-refractivity contribution in [2.24, 2.45) is 22.7 Å². The lowest BCUT2D eigenvalue weighted by Gasteiger charge is -2.43. The Kier molecular flexibility index (Phi) is 14.3. The zero-order valence-corrected chi connectivity index (χ0v) is 38.9. The van der Waals surface area contributed by atoms with Crippen molar-refractivity contribution < 1.29 is 56.6 Å². The number of carbonyl (C=O) groups excluding carboxylic acids is 5. The fraction of sp³-hybridized carbons (Fsp3) is 0.619. The first-order valence-corrected chi connectivity index (χ1v) is 25.4. The van der Waals surface area contributed by atoms with E-state index in [-0.39, 0.29) is 51.6 Å². The van der Waals surface area contributed by atoms with Gasteiger partial charge in [-0.15, -0.1) is 11.3 Å². The lowest BCUT2D eigenvalue weighted by atomic mass is 9.97. The van der Waals surface area contributed by atoms with Gasteiger partial charge in [0.15, 0.2) is 10.2 Å². The Morgan fingerprint density at radius 1 is 0.921 bits per heavy atom. The van der Waals surface area contributed by atoms with Crippen LogP contribution in [0.25, 0.3) is 10.1 Å². The molecule has 0 bridgehead atoms. The number of aromatic nitrogens is 2. The highest BCUT2D eigenvalue weighted by atomic mass is 32.2. The van der Waals surface area contributed by atoms with Crippen molar-refractivity contribution in [1.82, 2.24) is 24.7 Å². The molecule has 7 rings (SSSR count). The van der Waals surface area contributed by atoms with Gasteiger partial charge >= 0.3 is 13.3 Å². The number of likely N-dealkylation sites (tertiary alicyclic amines) is 1. The predicted molar refractivity (Wildman–Crippen MR) is 235 cm³/mol. The summed E-state index contributed by atoms with van der Waals surface area (Å²) in [6, 6.07) is 3.49. The summed E-state index contributed by atoms with van der Waals surface area (Å²) in [6.07, 6.45) is 8.74. The number of nitrogens with zero attached hydrogens (tertiary/aromatic N) is 4. The van der Waals surface area contributed by atoms with E-state index in [1.165, 1.54) is 39.8 Å². The average molecular weight is 954 g/mol. The molecule has 63 heavy (non-hydrogen) atoms. The van der Waals surface area contributed by atoms with Gasteiger partial charge < -0.3 is 38.9 Å². The zero-order chi connectivity index (χ0) is 45.5. The number of aliphatic hydroxyl groups excluding tert-OH is 2. The predicted octanol–water partition coefficient (Wildman–Crippen LogP) is 5.90. The molecule has 0 radical (unpaired) electrons. The van der Waals surface area contributed by atoms with Crippen LogP contribution in [0, 0.1) is 22.7 Å². The maximum Gasteiger partial charge on any atom is 0.404 e. The van der Waals surface area contributed by atoms with E-state index >= 15 is 8.78 Å². The largest absolute Gasteiger partial charge is 0.404 e. The SMILES string of the molecule is CC(C)(CO)C(=O)SCCOP(=O)(OCCSC(=O)C(C)(C)CO)C(F)(F)c1ccc2sc(C(=O)N[C@H]3C[C@@H]4C[C@@H]4C[C@H]4CC[C@@H](C(=O)N5CC(n6ccnc6)C5)N4C3=O)cc2c1. The van der Waals surface area contributed by atoms with Gasteiger partial charge in [-0.25, -0.2) is 4.98 Å². The van der Waals surface area contributed by atoms with Crippen LogP contribution in [-0.2, 0) is 38.5 Å². The maximum absolute atomic E-state index is 16.5. The Morgan fingerprint density at radius 3 is 2.16 bits per heavy atom. The van der Waals surface area contributed by atoms with Crippen LogP contribution in [0.2, 0.25) is 0 Å². The third kappa shape index (κ3) is 10.1. The number of imidazole rings is 1. The fourth-order valence-electron chi connectivity index (χ4n) is 8.18. The minimum atomic E-state index is -5.36. The number of aliphatic hydroxyl groups is 2. The van der Waals surface area contributed by atoms with E-state index in [1.807, 2.05) is 10.8 Å². The Hall–Kier alpha value is -3.23. The normalized spacial score (nSPS) is 23.2. The van der Waals surface area contributed by atoms with Crippen molar-refractivity contribution in [3.8, 4) is 0 Å². The number of thioether (sulfide) groups is 2. The van der Waals surface area contributed by atoms with Gasteiger partial charge in [0.25, 0.3) is 5.91 Å². The first-order valence-electron chi connectivity index (χ1n) is 21.0. The van der Waals surface area contributed by atoms with Gasteiger partial charge in [0.2, 0.25) is 11.8 Å². The number of fused-ring (bicyclic) bond motifs is 3. The standard InChI is InChI=1S/C42H54F2N5O10PS3/c1-40(2,22-50)38(55)61-13-11-58-60(57,59-12-14-62-39(56)41(3,4)23-51)42(43,44)28-5-8-33-27(16-28)19-34(63-33)35(52)46-31-18-26-15-25(26)17-29-6-7-32(49(29)36(31)53)37(54)48-20-30(21-48)47-10-9-45-24-47/h5,8-10,16,19,24-26,29-32,50-51H,6-7,11-15,17-18,20-23H2,1-4H3,(H,46,52)/t25-,26+,29-,31+,32+/m1/s1. The summed E-state index contributed by atoms with van der Waals surface area (Å²) in [5.74, 6) is -0.607. The molecule has 2 aromatic heterocycles. The monoisotopic (exact) mass is 953 g/mol. The highest BCUT2D eigenvalue weighted by Crippen LogP contribution is 2.67. The molecule has 3 aliphatic heterocycles. The Labute approximate surface area is 376 Å². The van der Waals surface area contributed by atoms with E-state index in [1.54, 1.807) is 22.3 Å². The maximum atomic E-state index is 16.5. The van der Waals surface area contributed by atoms with Crippen LogP contribution in [0.1, 0.15) is 81.1 Å².